The van der Waals surface area contributed by atoms with Crippen molar-refractivity contribution in [1.29, 1.82) is 0 Å². The van der Waals surface area contributed by atoms with Gasteiger partial charge in [0.25, 0.3) is 0 Å². The van der Waals surface area contributed by atoms with Crippen LogP contribution < -0.4 is 10.6 Å². The van der Waals surface area contributed by atoms with E-state index in [9.17, 15) is 18.0 Å². The standard InChI is InChI=1S/C14H27N3O4S/c1-14(2,3)16-13(19)17-8-5-11(6-9-17)12(18)15-7-10-22(4,20)21/h11H,5-10H2,1-4H3,(H,15,18)(H,16,19). The van der Waals surface area contributed by atoms with E-state index in [2.05, 4.69) is 10.6 Å². The van der Waals surface area contributed by atoms with Crippen LogP contribution in [0.4, 0.5) is 4.79 Å². The molecule has 8 heteroatoms. The molecule has 3 amide bonds. The minimum atomic E-state index is -3.06. The Bertz CT molecular complexity index is 503. The SMILES string of the molecule is CC(C)(C)NC(=O)N1CCC(C(=O)NCCS(C)(=O)=O)CC1. The molecule has 0 aromatic heterocycles. The molecule has 1 rings (SSSR count). The molecule has 22 heavy (non-hydrogen) atoms. The molecule has 0 aliphatic carbocycles. The predicted molar refractivity (Wildman–Crippen MR) is 85.3 cm³/mol. The van der Waals surface area contributed by atoms with E-state index in [1.54, 1.807) is 4.90 Å². The van der Waals surface area contributed by atoms with Gasteiger partial charge in [-0.3, -0.25) is 4.79 Å². The molecule has 0 spiro atoms. The van der Waals surface area contributed by atoms with Crippen LogP contribution in [-0.4, -0.2) is 62.4 Å². The topological polar surface area (TPSA) is 95.6 Å². The van der Waals surface area contributed by atoms with E-state index in [1.165, 1.54) is 0 Å². The molecule has 2 N–H and O–H groups in total. The first-order valence-corrected chi connectivity index (χ1v) is 9.56. The lowest BCUT2D eigenvalue weighted by molar-refractivity contribution is -0.126. The average molecular weight is 333 g/mol. The van der Waals surface area contributed by atoms with Gasteiger partial charge >= 0.3 is 6.03 Å². The van der Waals surface area contributed by atoms with Gasteiger partial charge in [0, 0.05) is 37.3 Å². The maximum absolute atomic E-state index is 12.0. The van der Waals surface area contributed by atoms with Crippen molar-refractivity contribution >= 4 is 21.8 Å². The van der Waals surface area contributed by atoms with Crippen molar-refractivity contribution in [1.82, 2.24) is 15.5 Å². The first-order valence-electron chi connectivity index (χ1n) is 7.50. The van der Waals surface area contributed by atoms with Crippen molar-refractivity contribution in [2.75, 3.05) is 31.6 Å². The Balaban J connectivity index is 2.35. The zero-order valence-electron chi connectivity index (χ0n) is 13.8. The quantitative estimate of drug-likeness (QED) is 0.777. The molecule has 0 atom stereocenters. The van der Waals surface area contributed by atoms with Gasteiger partial charge in [0.15, 0.2) is 0 Å². The number of hydrogen-bond acceptors (Lipinski definition) is 4. The number of piperidine rings is 1. The Morgan fingerprint density at radius 2 is 1.73 bits per heavy atom. The second kappa shape index (κ2) is 7.30. The van der Waals surface area contributed by atoms with Crippen LogP contribution >= 0.6 is 0 Å². The Morgan fingerprint density at radius 3 is 2.18 bits per heavy atom. The van der Waals surface area contributed by atoms with E-state index in [-0.39, 0.29) is 35.7 Å². The van der Waals surface area contributed by atoms with Gasteiger partial charge in [0.1, 0.15) is 9.84 Å². The molecule has 0 bridgehead atoms. The van der Waals surface area contributed by atoms with E-state index < -0.39 is 9.84 Å². The lowest BCUT2D eigenvalue weighted by Crippen LogP contribution is -2.51. The number of hydrogen-bond donors (Lipinski definition) is 2. The van der Waals surface area contributed by atoms with Gasteiger partial charge in [-0.25, -0.2) is 13.2 Å². The summed E-state index contributed by atoms with van der Waals surface area (Å²) >= 11 is 0. The van der Waals surface area contributed by atoms with Gasteiger partial charge < -0.3 is 15.5 Å². The third-order valence-electron chi connectivity index (χ3n) is 3.41. The maximum atomic E-state index is 12.0. The van der Waals surface area contributed by atoms with Crippen LogP contribution in [0, 0.1) is 5.92 Å². The van der Waals surface area contributed by atoms with Gasteiger partial charge in [-0.05, 0) is 33.6 Å². The summed E-state index contributed by atoms with van der Waals surface area (Å²) in [4.78, 5) is 25.7. The van der Waals surface area contributed by atoms with E-state index in [1.807, 2.05) is 20.8 Å². The third kappa shape index (κ3) is 7.11. The number of nitrogens with zero attached hydrogens (tertiary/aromatic N) is 1. The largest absolute Gasteiger partial charge is 0.355 e. The summed E-state index contributed by atoms with van der Waals surface area (Å²) < 4.78 is 22.0. The second-order valence-electron chi connectivity index (χ2n) is 6.86. The molecule has 1 saturated heterocycles. The summed E-state index contributed by atoms with van der Waals surface area (Å²) in [5.41, 5.74) is -0.281. The molecule has 1 heterocycles. The number of amides is 3. The van der Waals surface area contributed by atoms with E-state index in [0.717, 1.165) is 6.26 Å². The van der Waals surface area contributed by atoms with E-state index >= 15 is 0 Å². The van der Waals surface area contributed by atoms with Crippen molar-refractivity contribution in [3.63, 3.8) is 0 Å². The summed E-state index contributed by atoms with van der Waals surface area (Å²) in [6.07, 6.45) is 2.34. The molecule has 1 aliphatic heterocycles. The van der Waals surface area contributed by atoms with Crippen molar-refractivity contribution in [2.24, 2.45) is 5.92 Å². The monoisotopic (exact) mass is 333 g/mol. The first-order chi connectivity index (χ1) is 9.98. The van der Waals surface area contributed by atoms with Gasteiger partial charge in [-0.15, -0.1) is 0 Å². The highest BCUT2D eigenvalue weighted by Crippen LogP contribution is 2.17. The van der Waals surface area contributed by atoms with Crippen molar-refractivity contribution in [3.8, 4) is 0 Å². The van der Waals surface area contributed by atoms with E-state index in [0.29, 0.717) is 25.9 Å². The minimum Gasteiger partial charge on any atom is -0.355 e. The Labute approximate surface area is 132 Å². The summed E-state index contributed by atoms with van der Waals surface area (Å²) in [6, 6.07) is -0.108. The number of likely N-dealkylation sites (tertiary alicyclic amines) is 1. The molecular formula is C14H27N3O4S. The maximum Gasteiger partial charge on any atom is 0.317 e. The molecule has 0 saturated carbocycles. The summed E-state index contributed by atoms with van der Waals surface area (Å²) in [6.45, 7) is 6.98. The molecule has 0 radical (unpaired) electrons. The fourth-order valence-electron chi connectivity index (χ4n) is 2.25. The lowest BCUT2D eigenvalue weighted by Gasteiger charge is -2.33. The number of sulfone groups is 1. The fraction of sp³-hybridized carbons (Fsp3) is 0.857. The molecule has 0 unspecified atom stereocenters. The minimum absolute atomic E-state index is 0.0500. The fourth-order valence-corrected chi connectivity index (χ4v) is 2.72. The zero-order chi connectivity index (χ0) is 17.0. The molecule has 0 aromatic carbocycles. The predicted octanol–water partition coefficient (Wildman–Crippen LogP) is 0.367. The molecule has 128 valence electrons. The zero-order valence-corrected chi connectivity index (χ0v) is 14.6. The number of nitrogens with one attached hydrogen (secondary N) is 2. The molecule has 1 aliphatic rings. The van der Waals surface area contributed by atoms with Crippen LogP contribution in [0.5, 0.6) is 0 Å². The molecule has 7 nitrogen and oxygen atoms in total. The summed E-state index contributed by atoms with van der Waals surface area (Å²) in [7, 11) is -3.06. The Kier molecular flexibility index (Phi) is 6.22. The highest BCUT2D eigenvalue weighted by Gasteiger charge is 2.28. The molecular weight excluding hydrogens is 306 g/mol. The number of rotatable bonds is 4. The highest BCUT2D eigenvalue weighted by molar-refractivity contribution is 7.90. The summed E-state index contributed by atoms with van der Waals surface area (Å²) in [5.74, 6) is -0.330. The number of carbonyl (C=O) groups excluding carboxylic acids is 2. The van der Waals surface area contributed by atoms with Crippen LogP contribution in [0.3, 0.4) is 0 Å². The van der Waals surface area contributed by atoms with Gasteiger partial charge in [0.2, 0.25) is 5.91 Å². The first kappa shape index (κ1) is 18.7. The van der Waals surface area contributed by atoms with E-state index in [4.69, 9.17) is 0 Å². The second-order valence-corrected chi connectivity index (χ2v) is 9.12. The average Bonchev–Trinajstić information content (AvgIpc) is 2.35. The molecule has 0 aromatic rings. The van der Waals surface area contributed by atoms with Crippen LogP contribution in [0.25, 0.3) is 0 Å². The Morgan fingerprint density at radius 1 is 1.18 bits per heavy atom. The van der Waals surface area contributed by atoms with Crippen molar-refractivity contribution in [2.45, 2.75) is 39.2 Å². The van der Waals surface area contributed by atoms with Crippen LogP contribution in [0.15, 0.2) is 0 Å². The Hall–Kier alpha value is -1.31. The van der Waals surface area contributed by atoms with Gasteiger partial charge in [0.05, 0.1) is 5.75 Å². The van der Waals surface area contributed by atoms with Gasteiger partial charge in [-0.2, -0.15) is 0 Å². The lowest BCUT2D eigenvalue weighted by atomic mass is 9.96. The third-order valence-corrected chi connectivity index (χ3v) is 4.35. The van der Waals surface area contributed by atoms with Crippen molar-refractivity contribution in [3.05, 3.63) is 0 Å². The van der Waals surface area contributed by atoms with Crippen LogP contribution in [-0.2, 0) is 14.6 Å². The van der Waals surface area contributed by atoms with Gasteiger partial charge in [-0.1, -0.05) is 0 Å². The number of urea groups is 1. The summed E-state index contributed by atoms with van der Waals surface area (Å²) in [5, 5.41) is 5.56. The smallest absolute Gasteiger partial charge is 0.317 e. The van der Waals surface area contributed by atoms with Crippen LogP contribution in [0.1, 0.15) is 33.6 Å². The number of carbonyl (C=O) groups is 2. The van der Waals surface area contributed by atoms with Crippen LogP contribution in [0.2, 0.25) is 0 Å². The van der Waals surface area contributed by atoms with Crippen molar-refractivity contribution < 1.29 is 18.0 Å². The highest BCUT2D eigenvalue weighted by atomic mass is 32.2. The molecule has 1 fully saturated rings. The normalized spacial score (nSPS) is 17.2.